The molecule has 1 aromatic heterocycles. The molecule has 1 aliphatic rings. The highest BCUT2D eigenvalue weighted by atomic mass is 35.5. The van der Waals surface area contributed by atoms with Crippen LogP contribution in [0.25, 0.3) is 0 Å². The Kier molecular flexibility index (Phi) is 5.64. The molecule has 0 unspecified atom stereocenters. The van der Waals surface area contributed by atoms with Gasteiger partial charge in [0.2, 0.25) is 5.88 Å². The van der Waals surface area contributed by atoms with Crippen molar-refractivity contribution in [2.75, 3.05) is 33.8 Å². The predicted octanol–water partition coefficient (Wildman–Crippen LogP) is 2.55. The first-order valence-electron chi connectivity index (χ1n) is 7.71. The summed E-state index contributed by atoms with van der Waals surface area (Å²) in [6.07, 6.45) is 2.61. The first-order valence-corrected chi connectivity index (χ1v) is 8.09. The number of ether oxygens (including phenoxy) is 1. The Morgan fingerprint density at radius 3 is 2.68 bits per heavy atom. The molecule has 0 bridgehead atoms. The van der Waals surface area contributed by atoms with Crippen LogP contribution in [0.2, 0.25) is 5.02 Å². The van der Waals surface area contributed by atoms with E-state index in [0.29, 0.717) is 35.0 Å². The third-order valence-electron chi connectivity index (χ3n) is 4.22. The van der Waals surface area contributed by atoms with Crippen LogP contribution in [0.3, 0.4) is 0 Å². The Labute approximate surface area is 137 Å². The van der Waals surface area contributed by atoms with Crippen LogP contribution in [-0.4, -0.2) is 60.5 Å². The van der Waals surface area contributed by atoms with Crippen LogP contribution >= 0.6 is 11.6 Å². The number of carbonyl (C=O) groups excluding carboxylic acids is 1. The topological polar surface area (TPSA) is 45.7 Å². The van der Waals surface area contributed by atoms with Crippen LogP contribution < -0.4 is 4.74 Å². The van der Waals surface area contributed by atoms with Crippen molar-refractivity contribution in [1.82, 2.24) is 14.8 Å². The second kappa shape index (κ2) is 7.29. The highest BCUT2D eigenvalue weighted by molar-refractivity contribution is 6.32. The fourth-order valence-electron chi connectivity index (χ4n) is 2.97. The van der Waals surface area contributed by atoms with Crippen molar-refractivity contribution in [3.8, 4) is 5.88 Å². The normalized spacial score (nSPS) is 21.5. The van der Waals surface area contributed by atoms with Gasteiger partial charge in [-0.2, -0.15) is 0 Å². The number of amides is 1. The van der Waals surface area contributed by atoms with Gasteiger partial charge in [0.05, 0.1) is 12.2 Å². The summed E-state index contributed by atoms with van der Waals surface area (Å²) in [5.74, 6) is 0.866. The van der Waals surface area contributed by atoms with Gasteiger partial charge in [0.15, 0.2) is 0 Å². The molecule has 2 atom stereocenters. The maximum absolute atomic E-state index is 12.7. The summed E-state index contributed by atoms with van der Waals surface area (Å²) in [6.45, 7) is 6.06. The highest BCUT2D eigenvalue weighted by Crippen LogP contribution is 2.27. The van der Waals surface area contributed by atoms with Crippen molar-refractivity contribution in [2.24, 2.45) is 5.92 Å². The Morgan fingerprint density at radius 2 is 2.18 bits per heavy atom. The van der Waals surface area contributed by atoms with E-state index in [1.165, 1.54) is 0 Å². The van der Waals surface area contributed by atoms with E-state index in [1.54, 1.807) is 12.3 Å². The van der Waals surface area contributed by atoms with Gasteiger partial charge in [0.25, 0.3) is 5.91 Å². The maximum atomic E-state index is 12.7. The van der Waals surface area contributed by atoms with E-state index >= 15 is 0 Å². The third-order valence-corrected chi connectivity index (χ3v) is 4.49. The Bertz CT molecular complexity index is 536. The molecule has 122 valence electrons. The largest absolute Gasteiger partial charge is 0.477 e. The number of halogens is 1. The molecule has 1 saturated heterocycles. The minimum absolute atomic E-state index is 0.0137. The number of nitrogens with zero attached hydrogens (tertiary/aromatic N) is 3. The second-order valence-corrected chi connectivity index (χ2v) is 6.26. The van der Waals surface area contributed by atoms with Gasteiger partial charge in [0.1, 0.15) is 5.02 Å². The summed E-state index contributed by atoms with van der Waals surface area (Å²) in [7, 11) is 4.13. The maximum Gasteiger partial charge on any atom is 0.255 e. The minimum atomic E-state index is -0.0137. The molecule has 5 nitrogen and oxygen atoms in total. The number of pyridine rings is 1. The zero-order chi connectivity index (χ0) is 16.3. The molecule has 1 fully saturated rings. The minimum Gasteiger partial charge on any atom is -0.477 e. The quantitative estimate of drug-likeness (QED) is 0.834. The summed E-state index contributed by atoms with van der Waals surface area (Å²) in [5, 5.41) is 0.378. The van der Waals surface area contributed by atoms with Crippen LogP contribution in [0.4, 0.5) is 0 Å². The molecule has 0 saturated carbocycles. The Morgan fingerprint density at radius 1 is 1.45 bits per heavy atom. The molecule has 0 N–H and O–H groups in total. The molecule has 0 aromatic carbocycles. The summed E-state index contributed by atoms with van der Waals surface area (Å²) in [6, 6.07) is 2.05. The van der Waals surface area contributed by atoms with E-state index in [1.807, 2.05) is 11.8 Å². The molecule has 6 heteroatoms. The van der Waals surface area contributed by atoms with Gasteiger partial charge >= 0.3 is 0 Å². The molecule has 1 aromatic rings. The van der Waals surface area contributed by atoms with E-state index in [9.17, 15) is 4.79 Å². The molecular weight excluding hydrogens is 302 g/mol. The van der Waals surface area contributed by atoms with Crippen LogP contribution in [0.5, 0.6) is 5.88 Å². The van der Waals surface area contributed by atoms with Crippen molar-refractivity contribution in [2.45, 2.75) is 26.3 Å². The monoisotopic (exact) mass is 325 g/mol. The molecule has 1 amide bonds. The molecule has 2 rings (SSSR count). The van der Waals surface area contributed by atoms with Gasteiger partial charge in [-0.05, 0) is 33.0 Å². The lowest BCUT2D eigenvalue weighted by atomic mass is 10.0. The highest BCUT2D eigenvalue weighted by Gasteiger charge is 2.35. The van der Waals surface area contributed by atoms with Gasteiger partial charge in [-0.1, -0.05) is 24.9 Å². The van der Waals surface area contributed by atoms with Crippen molar-refractivity contribution >= 4 is 17.5 Å². The zero-order valence-corrected chi connectivity index (χ0v) is 14.4. The molecule has 0 spiro atoms. The number of likely N-dealkylation sites (tertiary alicyclic amines) is 1. The number of carbonyl (C=O) groups is 1. The zero-order valence-electron chi connectivity index (χ0n) is 13.7. The average Bonchev–Trinajstić information content (AvgIpc) is 2.93. The van der Waals surface area contributed by atoms with E-state index in [2.05, 4.69) is 30.9 Å². The standard InChI is InChI=1S/C16H24ClN3O2/c1-5-11-9-20(10-14(11)19(3)4)16(21)12-7-13(17)15(18-8-12)22-6-2/h7-8,11,14H,5-6,9-10H2,1-4H3/t11-,14+/m1/s1. The SMILES string of the molecule is CCOc1ncc(C(=O)N2C[C@@H](CC)[C@@H](N(C)C)C2)cc1Cl. The third kappa shape index (κ3) is 3.52. The molecule has 0 aliphatic carbocycles. The van der Waals surface area contributed by atoms with E-state index in [4.69, 9.17) is 16.3 Å². The number of rotatable bonds is 5. The molecule has 2 heterocycles. The number of hydrogen-bond acceptors (Lipinski definition) is 4. The molecule has 0 radical (unpaired) electrons. The fourth-order valence-corrected chi connectivity index (χ4v) is 3.19. The summed E-state index contributed by atoms with van der Waals surface area (Å²) >= 11 is 6.13. The summed E-state index contributed by atoms with van der Waals surface area (Å²) < 4.78 is 5.31. The lowest BCUT2D eigenvalue weighted by Crippen LogP contribution is -2.36. The van der Waals surface area contributed by atoms with Gasteiger partial charge in [-0.15, -0.1) is 0 Å². The van der Waals surface area contributed by atoms with E-state index in [-0.39, 0.29) is 5.91 Å². The van der Waals surface area contributed by atoms with Gasteiger partial charge in [0, 0.05) is 25.3 Å². The lowest BCUT2D eigenvalue weighted by Gasteiger charge is -2.23. The smallest absolute Gasteiger partial charge is 0.255 e. The van der Waals surface area contributed by atoms with Crippen LogP contribution in [-0.2, 0) is 0 Å². The Hall–Kier alpha value is -1.33. The second-order valence-electron chi connectivity index (χ2n) is 5.85. The Balaban J connectivity index is 2.13. The van der Waals surface area contributed by atoms with Gasteiger partial charge < -0.3 is 14.5 Å². The van der Waals surface area contributed by atoms with Crippen molar-refractivity contribution in [3.05, 3.63) is 22.8 Å². The predicted molar refractivity (Wildman–Crippen MR) is 87.6 cm³/mol. The molecule has 1 aliphatic heterocycles. The number of hydrogen-bond donors (Lipinski definition) is 0. The van der Waals surface area contributed by atoms with Crippen molar-refractivity contribution < 1.29 is 9.53 Å². The first kappa shape index (κ1) is 17.0. The van der Waals surface area contributed by atoms with E-state index < -0.39 is 0 Å². The van der Waals surface area contributed by atoms with E-state index in [0.717, 1.165) is 19.5 Å². The molecular formula is C16H24ClN3O2. The number of likely N-dealkylation sites (N-methyl/N-ethyl adjacent to an activating group) is 1. The van der Waals surface area contributed by atoms with Gasteiger partial charge in [-0.3, -0.25) is 4.79 Å². The fraction of sp³-hybridized carbons (Fsp3) is 0.625. The summed E-state index contributed by atoms with van der Waals surface area (Å²) in [4.78, 5) is 20.9. The lowest BCUT2D eigenvalue weighted by molar-refractivity contribution is 0.0780. The van der Waals surface area contributed by atoms with Crippen molar-refractivity contribution in [1.29, 1.82) is 0 Å². The van der Waals surface area contributed by atoms with Crippen LogP contribution in [0.1, 0.15) is 30.6 Å². The average molecular weight is 326 g/mol. The first-order chi connectivity index (χ1) is 10.5. The summed E-state index contributed by atoms with van der Waals surface area (Å²) in [5.41, 5.74) is 0.516. The van der Waals surface area contributed by atoms with Crippen LogP contribution in [0.15, 0.2) is 12.3 Å². The molecule has 22 heavy (non-hydrogen) atoms. The number of aromatic nitrogens is 1. The van der Waals surface area contributed by atoms with Gasteiger partial charge in [-0.25, -0.2) is 4.98 Å². The van der Waals surface area contributed by atoms with Crippen molar-refractivity contribution in [3.63, 3.8) is 0 Å². The van der Waals surface area contributed by atoms with Crippen LogP contribution in [0, 0.1) is 5.92 Å².